The highest BCUT2D eigenvalue weighted by atomic mass is 32.2. The van der Waals surface area contributed by atoms with Gasteiger partial charge < -0.3 is 9.15 Å². The van der Waals surface area contributed by atoms with E-state index in [1.165, 1.54) is 12.1 Å². The van der Waals surface area contributed by atoms with Gasteiger partial charge >= 0.3 is 0 Å². The average molecular weight is 376 g/mol. The monoisotopic (exact) mass is 376 g/mol. The van der Waals surface area contributed by atoms with Crippen LogP contribution in [0.1, 0.15) is 42.6 Å². The summed E-state index contributed by atoms with van der Waals surface area (Å²) in [5.74, 6) is -0.201. The van der Waals surface area contributed by atoms with Gasteiger partial charge in [-0.05, 0) is 41.8 Å². The van der Waals surface area contributed by atoms with Crippen LogP contribution in [0, 0.1) is 16.7 Å². The molecule has 0 radical (unpaired) electrons. The molecule has 0 aliphatic rings. The molecule has 138 valence electrons. The number of rotatable bonds is 6. The Morgan fingerprint density at radius 3 is 2.42 bits per heavy atom. The second-order valence-corrected chi connectivity index (χ2v) is 8.66. The van der Waals surface area contributed by atoms with Crippen LogP contribution in [0.25, 0.3) is 0 Å². The lowest BCUT2D eigenvalue weighted by molar-refractivity contribution is 0.0950. The molecule has 1 amide bonds. The van der Waals surface area contributed by atoms with E-state index in [2.05, 4.69) is 0 Å². The first-order valence-corrected chi connectivity index (χ1v) is 9.50. The van der Waals surface area contributed by atoms with Crippen molar-refractivity contribution in [2.75, 3.05) is 5.75 Å². The summed E-state index contributed by atoms with van der Waals surface area (Å²) >= 11 is 0. The summed E-state index contributed by atoms with van der Waals surface area (Å²) in [5.41, 5.74) is 0.0424. The maximum absolute atomic E-state index is 12.0. The van der Waals surface area contributed by atoms with Crippen molar-refractivity contribution >= 4 is 15.9 Å². The number of carbonyl (C=O) groups excluding carboxylic acids is 1. The zero-order chi connectivity index (χ0) is 19.4. The number of nitrogens with one attached hydrogen (secondary N) is 1. The van der Waals surface area contributed by atoms with Crippen LogP contribution in [0.4, 0.5) is 0 Å². The van der Waals surface area contributed by atoms with Gasteiger partial charge in [0.05, 0.1) is 17.4 Å². The summed E-state index contributed by atoms with van der Waals surface area (Å²) in [5, 5.41) is 8.75. The Balaban J connectivity index is 1.96. The van der Waals surface area contributed by atoms with Crippen LogP contribution in [0.3, 0.4) is 0 Å². The van der Waals surface area contributed by atoms with Crippen LogP contribution in [-0.4, -0.2) is 20.1 Å². The third-order valence-corrected chi connectivity index (χ3v) is 4.86. The largest absolute Gasteiger partial charge is 0.486 e. The molecule has 26 heavy (non-hydrogen) atoms. The van der Waals surface area contributed by atoms with E-state index in [1.807, 2.05) is 10.8 Å². The highest BCUT2D eigenvalue weighted by Crippen LogP contribution is 2.17. The van der Waals surface area contributed by atoms with Gasteiger partial charge in [0.25, 0.3) is 5.91 Å². The summed E-state index contributed by atoms with van der Waals surface area (Å²) < 4.78 is 36.8. The number of sulfonamides is 1. The standard InChI is InChI=1S/C18H20N2O5S/c1-18(2,3)12-26(22,23)20-17(21)16-9-8-15(25-16)11-24-14-6-4-13(10-19)5-7-14/h4-9H,11-12H2,1-3H3,(H,20,21). The fourth-order valence-corrected chi connectivity index (χ4v) is 3.75. The topological polar surface area (TPSA) is 109 Å². The van der Waals surface area contributed by atoms with Crippen molar-refractivity contribution in [2.45, 2.75) is 27.4 Å². The van der Waals surface area contributed by atoms with E-state index in [0.717, 1.165) is 0 Å². The summed E-state index contributed by atoms with van der Waals surface area (Å²) in [6, 6.07) is 11.5. The highest BCUT2D eigenvalue weighted by Gasteiger charge is 2.25. The Morgan fingerprint density at radius 2 is 1.85 bits per heavy atom. The molecule has 0 saturated carbocycles. The number of ether oxygens (including phenoxy) is 1. The zero-order valence-corrected chi connectivity index (χ0v) is 15.6. The van der Waals surface area contributed by atoms with Gasteiger partial charge in [-0.2, -0.15) is 5.26 Å². The van der Waals surface area contributed by atoms with Crippen LogP contribution in [-0.2, 0) is 16.6 Å². The van der Waals surface area contributed by atoms with E-state index >= 15 is 0 Å². The lowest BCUT2D eigenvalue weighted by atomic mass is 10.0. The van der Waals surface area contributed by atoms with Crippen molar-refractivity contribution < 1.29 is 22.4 Å². The van der Waals surface area contributed by atoms with Crippen molar-refractivity contribution in [1.82, 2.24) is 4.72 Å². The van der Waals surface area contributed by atoms with E-state index in [4.69, 9.17) is 14.4 Å². The number of amides is 1. The predicted molar refractivity (Wildman–Crippen MR) is 94.9 cm³/mol. The van der Waals surface area contributed by atoms with E-state index in [-0.39, 0.29) is 18.1 Å². The molecule has 0 aliphatic carbocycles. The molecule has 0 spiro atoms. The van der Waals surface area contributed by atoms with E-state index in [1.54, 1.807) is 45.0 Å². The smallest absolute Gasteiger partial charge is 0.300 e. The molecule has 2 aromatic rings. The van der Waals surface area contributed by atoms with Gasteiger partial charge in [-0.15, -0.1) is 0 Å². The molecular weight excluding hydrogens is 356 g/mol. The van der Waals surface area contributed by atoms with Gasteiger partial charge in [0.15, 0.2) is 5.76 Å². The molecule has 0 bridgehead atoms. The molecule has 2 rings (SSSR count). The molecule has 0 atom stereocenters. The molecule has 0 unspecified atom stereocenters. The van der Waals surface area contributed by atoms with Gasteiger partial charge in [-0.1, -0.05) is 20.8 Å². The Morgan fingerprint density at radius 1 is 1.19 bits per heavy atom. The van der Waals surface area contributed by atoms with E-state index < -0.39 is 21.3 Å². The average Bonchev–Trinajstić information content (AvgIpc) is 2.99. The highest BCUT2D eigenvalue weighted by molar-refractivity contribution is 7.90. The van der Waals surface area contributed by atoms with Crippen molar-refractivity contribution in [3.63, 3.8) is 0 Å². The minimum absolute atomic E-state index is 0.0634. The molecule has 1 heterocycles. The maximum Gasteiger partial charge on any atom is 0.300 e. The van der Waals surface area contributed by atoms with Crippen LogP contribution < -0.4 is 9.46 Å². The number of benzene rings is 1. The lowest BCUT2D eigenvalue weighted by Crippen LogP contribution is -2.36. The lowest BCUT2D eigenvalue weighted by Gasteiger charge is -2.17. The van der Waals surface area contributed by atoms with Crippen molar-refractivity contribution in [3.05, 3.63) is 53.5 Å². The molecule has 1 N–H and O–H groups in total. The van der Waals surface area contributed by atoms with Crippen LogP contribution >= 0.6 is 0 Å². The number of nitriles is 1. The van der Waals surface area contributed by atoms with Gasteiger partial charge in [0.2, 0.25) is 10.0 Å². The van der Waals surface area contributed by atoms with Gasteiger partial charge in [-0.3, -0.25) is 4.79 Å². The molecule has 8 heteroatoms. The molecule has 0 fully saturated rings. The van der Waals surface area contributed by atoms with E-state index in [0.29, 0.717) is 17.1 Å². The molecule has 0 aliphatic heterocycles. The summed E-state index contributed by atoms with van der Waals surface area (Å²) in [7, 11) is -3.76. The van der Waals surface area contributed by atoms with Crippen molar-refractivity contribution in [1.29, 1.82) is 5.26 Å². The normalized spacial score (nSPS) is 11.6. The number of hydrogen-bond acceptors (Lipinski definition) is 6. The number of furan rings is 1. The first-order valence-electron chi connectivity index (χ1n) is 7.84. The van der Waals surface area contributed by atoms with Gasteiger partial charge in [0, 0.05) is 0 Å². The molecule has 7 nitrogen and oxygen atoms in total. The first-order chi connectivity index (χ1) is 12.1. The first kappa shape index (κ1) is 19.5. The third-order valence-electron chi connectivity index (χ3n) is 3.12. The molecule has 1 aromatic heterocycles. The quantitative estimate of drug-likeness (QED) is 0.830. The minimum atomic E-state index is -3.76. The summed E-state index contributed by atoms with van der Waals surface area (Å²) in [6.07, 6.45) is 0. The number of carbonyl (C=O) groups is 1. The van der Waals surface area contributed by atoms with E-state index in [9.17, 15) is 13.2 Å². The van der Waals surface area contributed by atoms with Crippen LogP contribution in [0.15, 0.2) is 40.8 Å². The Bertz CT molecular complexity index is 916. The van der Waals surface area contributed by atoms with Crippen molar-refractivity contribution in [2.24, 2.45) is 5.41 Å². The van der Waals surface area contributed by atoms with Gasteiger partial charge in [-0.25, -0.2) is 13.1 Å². The predicted octanol–water partition coefficient (Wildman–Crippen LogP) is 2.84. The van der Waals surface area contributed by atoms with Crippen LogP contribution in [0.5, 0.6) is 5.75 Å². The second kappa shape index (κ2) is 7.62. The third kappa shape index (κ3) is 5.93. The van der Waals surface area contributed by atoms with Crippen molar-refractivity contribution in [3.8, 4) is 11.8 Å². The fraction of sp³-hybridized carbons (Fsp3) is 0.333. The van der Waals surface area contributed by atoms with Crippen LogP contribution in [0.2, 0.25) is 0 Å². The van der Waals surface area contributed by atoms with Gasteiger partial charge in [0.1, 0.15) is 18.1 Å². The Labute approximate surface area is 152 Å². The Hall–Kier alpha value is -2.79. The fourth-order valence-electron chi connectivity index (χ4n) is 2.16. The molecular formula is C18H20N2O5S. The molecule has 0 saturated heterocycles. The SMILES string of the molecule is CC(C)(C)CS(=O)(=O)NC(=O)c1ccc(COc2ccc(C#N)cc2)o1. The second-order valence-electron chi connectivity index (χ2n) is 6.94. The minimum Gasteiger partial charge on any atom is -0.486 e. The maximum atomic E-state index is 12.0. The summed E-state index contributed by atoms with van der Waals surface area (Å²) in [4.78, 5) is 12.0. The number of hydrogen-bond donors (Lipinski definition) is 1. The zero-order valence-electron chi connectivity index (χ0n) is 14.8. The molecule has 1 aromatic carbocycles. The number of nitrogens with zero attached hydrogens (tertiary/aromatic N) is 1. The summed E-state index contributed by atoms with van der Waals surface area (Å²) in [6.45, 7) is 5.36. The Kier molecular flexibility index (Phi) is 5.73.